The Morgan fingerprint density at radius 3 is 2.79 bits per heavy atom. The van der Waals surface area contributed by atoms with Crippen molar-refractivity contribution in [3.8, 4) is 0 Å². The van der Waals surface area contributed by atoms with Crippen LogP contribution in [0.25, 0.3) is 0 Å². The molecule has 0 spiro atoms. The Bertz CT molecular complexity index is 770. The minimum Gasteiger partial charge on any atom is -0.373 e. The molecule has 2 aromatic rings. The van der Waals surface area contributed by atoms with Crippen LogP contribution in [0.1, 0.15) is 23.3 Å². The fraction of sp³-hybridized carbons (Fsp3) is 0.500. The van der Waals surface area contributed by atoms with E-state index in [1.165, 1.54) is 10.4 Å². The van der Waals surface area contributed by atoms with Crippen molar-refractivity contribution in [2.45, 2.75) is 31.5 Å². The summed E-state index contributed by atoms with van der Waals surface area (Å²) in [6.07, 6.45) is 0.255. The molecule has 0 amide bonds. The van der Waals surface area contributed by atoms with E-state index in [9.17, 15) is 0 Å². The predicted octanol–water partition coefficient (Wildman–Crippen LogP) is 3.63. The van der Waals surface area contributed by atoms with Crippen LogP contribution in [-0.2, 0) is 11.3 Å². The zero-order valence-corrected chi connectivity index (χ0v) is 20.3. The molecule has 0 saturated carbocycles. The Kier molecular flexibility index (Phi) is 8.35. The monoisotopic (exact) mass is 526 g/mol. The summed E-state index contributed by atoms with van der Waals surface area (Å²) in [5.74, 6) is 1.47. The van der Waals surface area contributed by atoms with Gasteiger partial charge >= 0.3 is 0 Å². The molecule has 4 rings (SSSR count). The Morgan fingerprint density at radius 2 is 2.07 bits per heavy atom. The first-order valence-corrected chi connectivity index (χ1v) is 11.0. The lowest BCUT2D eigenvalue weighted by Crippen LogP contribution is -2.50. The topological polar surface area (TPSA) is 40.1 Å². The minimum atomic E-state index is 0. The number of benzene rings is 1. The first kappa shape index (κ1) is 22.5. The molecule has 1 N–H and O–H groups in total. The summed E-state index contributed by atoms with van der Waals surface area (Å²) in [5.41, 5.74) is 1.37. The molecule has 29 heavy (non-hydrogen) atoms. The molecule has 5 nitrogen and oxygen atoms in total. The highest BCUT2D eigenvalue weighted by Gasteiger charge is 2.41. The Morgan fingerprint density at radius 1 is 1.24 bits per heavy atom. The summed E-state index contributed by atoms with van der Waals surface area (Å²) in [4.78, 5) is 10.9. The molecule has 2 aliphatic rings. The van der Waals surface area contributed by atoms with Crippen molar-refractivity contribution in [1.82, 2.24) is 15.1 Å². The molecular formula is C22H31IN4OS. The van der Waals surface area contributed by atoms with Crippen LogP contribution in [0.5, 0.6) is 0 Å². The van der Waals surface area contributed by atoms with Gasteiger partial charge in [0, 0.05) is 50.6 Å². The third kappa shape index (κ3) is 5.51. The number of fused-ring (bicyclic) bond motifs is 1. The molecule has 1 aromatic carbocycles. The fourth-order valence-corrected chi connectivity index (χ4v) is 4.98. The van der Waals surface area contributed by atoms with E-state index in [1.807, 2.05) is 18.4 Å². The van der Waals surface area contributed by atoms with Crippen LogP contribution in [0.15, 0.2) is 52.8 Å². The second-order valence-corrected chi connectivity index (χ2v) is 8.66. The summed E-state index contributed by atoms with van der Waals surface area (Å²) in [7, 11) is 1.88. The second kappa shape index (κ2) is 10.7. The van der Waals surface area contributed by atoms with Crippen molar-refractivity contribution >= 4 is 41.3 Å². The van der Waals surface area contributed by atoms with Crippen LogP contribution in [0, 0.1) is 0 Å². The van der Waals surface area contributed by atoms with Gasteiger partial charge in [-0.05, 0) is 17.0 Å². The number of aliphatic imine (C=N–C) groups is 1. The van der Waals surface area contributed by atoms with E-state index in [1.54, 1.807) is 0 Å². The lowest BCUT2D eigenvalue weighted by Gasteiger charge is -2.36. The standard InChI is InChI=1S/C22H30N4OS.HI/c1-17(21-9-6-12-28-21)13-24-22(23-2)26-15-19-20(16-26)27-11-10-25(19)14-18-7-4-3-5-8-18;/h3-9,12,17,19-20H,10-11,13-16H2,1-2H3,(H,23,24);1H. The molecule has 158 valence electrons. The number of nitrogens with zero attached hydrogens (tertiary/aromatic N) is 3. The molecule has 7 heteroatoms. The van der Waals surface area contributed by atoms with Gasteiger partial charge in [0.2, 0.25) is 0 Å². The summed E-state index contributed by atoms with van der Waals surface area (Å²) < 4.78 is 6.11. The number of morpholine rings is 1. The lowest BCUT2D eigenvalue weighted by molar-refractivity contribution is -0.0502. The molecular weight excluding hydrogens is 495 g/mol. The van der Waals surface area contributed by atoms with Crippen molar-refractivity contribution in [3.05, 3.63) is 58.3 Å². The largest absolute Gasteiger partial charge is 0.373 e. The maximum Gasteiger partial charge on any atom is 0.193 e. The van der Waals surface area contributed by atoms with Crippen molar-refractivity contribution in [2.75, 3.05) is 39.8 Å². The number of nitrogens with one attached hydrogen (secondary N) is 1. The normalized spacial score (nSPS) is 23.4. The van der Waals surface area contributed by atoms with Crippen LogP contribution < -0.4 is 5.32 Å². The second-order valence-electron chi connectivity index (χ2n) is 7.68. The molecule has 3 atom stereocenters. The first-order valence-electron chi connectivity index (χ1n) is 10.1. The summed E-state index contributed by atoms with van der Waals surface area (Å²) in [5, 5.41) is 5.73. The third-order valence-electron chi connectivity index (χ3n) is 5.75. The van der Waals surface area contributed by atoms with Gasteiger partial charge in [0.25, 0.3) is 0 Å². The highest BCUT2D eigenvalue weighted by atomic mass is 127. The summed E-state index contributed by atoms with van der Waals surface area (Å²) in [6, 6.07) is 15.5. The number of halogens is 1. The Labute approximate surface area is 195 Å². The smallest absolute Gasteiger partial charge is 0.193 e. The van der Waals surface area contributed by atoms with Gasteiger partial charge in [-0.15, -0.1) is 35.3 Å². The summed E-state index contributed by atoms with van der Waals surface area (Å²) >= 11 is 1.82. The molecule has 3 heterocycles. The third-order valence-corrected chi connectivity index (χ3v) is 6.86. The van der Waals surface area contributed by atoms with Crippen molar-refractivity contribution < 1.29 is 4.74 Å². The average Bonchev–Trinajstić information content (AvgIpc) is 3.40. The maximum absolute atomic E-state index is 6.11. The quantitative estimate of drug-likeness (QED) is 0.367. The van der Waals surface area contributed by atoms with Crippen LogP contribution in [0.4, 0.5) is 0 Å². The van der Waals surface area contributed by atoms with Gasteiger partial charge in [-0.1, -0.05) is 43.3 Å². The van der Waals surface area contributed by atoms with E-state index < -0.39 is 0 Å². The van der Waals surface area contributed by atoms with Crippen molar-refractivity contribution in [1.29, 1.82) is 0 Å². The number of thiophene rings is 1. The zero-order chi connectivity index (χ0) is 19.3. The molecule has 2 fully saturated rings. The van der Waals surface area contributed by atoms with Gasteiger partial charge in [-0.25, -0.2) is 0 Å². The van der Waals surface area contributed by atoms with Gasteiger partial charge in [-0.2, -0.15) is 0 Å². The van der Waals surface area contributed by atoms with Crippen LogP contribution in [-0.4, -0.2) is 67.7 Å². The number of likely N-dealkylation sites (tertiary alicyclic amines) is 1. The van der Waals surface area contributed by atoms with Crippen molar-refractivity contribution in [3.63, 3.8) is 0 Å². The van der Waals surface area contributed by atoms with Crippen molar-refractivity contribution in [2.24, 2.45) is 4.99 Å². The number of ether oxygens (including phenoxy) is 1. The molecule has 0 radical (unpaired) electrons. The maximum atomic E-state index is 6.11. The molecule has 3 unspecified atom stereocenters. The fourth-order valence-electron chi connectivity index (χ4n) is 4.19. The summed E-state index contributed by atoms with van der Waals surface area (Å²) in [6.45, 7) is 7.82. The predicted molar refractivity (Wildman–Crippen MR) is 131 cm³/mol. The number of rotatable bonds is 5. The highest BCUT2D eigenvalue weighted by Crippen LogP contribution is 2.25. The number of hydrogen-bond acceptors (Lipinski definition) is 4. The first-order chi connectivity index (χ1) is 13.7. The molecule has 2 saturated heterocycles. The molecule has 1 aromatic heterocycles. The van der Waals surface area contributed by atoms with Crippen LogP contribution >= 0.6 is 35.3 Å². The van der Waals surface area contributed by atoms with Gasteiger partial charge in [0.15, 0.2) is 5.96 Å². The van der Waals surface area contributed by atoms with E-state index in [0.29, 0.717) is 12.0 Å². The van der Waals surface area contributed by atoms with Crippen LogP contribution in [0.3, 0.4) is 0 Å². The minimum absolute atomic E-state index is 0. The number of hydrogen-bond donors (Lipinski definition) is 1. The zero-order valence-electron chi connectivity index (χ0n) is 17.2. The van der Waals surface area contributed by atoms with E-state index in [2.05, 4.69) is 74.9 Å². The molecule has 0 bridgehead atoms. The Hall–Kier alpha value is -1.16. The van der Waals surface area contributed by atoms with Gasteiger partial charge < -0.3 is 15.0 Å². The average molecular weight is 526 g/mol. The SMILES string of the molecule is CN=C(NCC(C)c1cccs1)N1CC2OCCN(Cc3ccccc3)C2C1.I. The van der Waals surface area contributed by atoms with E-state index in [-0.39, 0.29) is 30.1 Å². The highest BCUT2D eigenvalue weighted by molar-refractivity contribution is 14.0. The van der Waals surface area contributed by atoms with E-state index >= 15 is 0 Å². The van der Waals surface area contributed by atoms with Gasteiger partial charge in [0.05, 0.1) is 18.8 Å². The van der Waals surface area contributed by atoms with Crippen LogP contribution in [0.2, 0.25) is 0 Å². The lowest BCUT2D eigenvalue weighted by atomic mass is 10.1. The molecule has 2 aliphatic heterocycles. The Balaban J connectivity index is 0.00000240. The van der Waals surface area contributed by atoms with Gasteiger partial charge in [-0.3, -0.25) is 9.89 Å². The van der Waals surface area contributed by atoms with E-state index in [0.717, 1.165) is 45.3 Å². The number of guanidine groups is 1. The van der Waals surface area contributed by atoms with Gasteiger partial charge in [0.1, 0.15) is 0 Å². The van der Waals surface area contributed by atoms with E-state index in [4.69, 9.17) is 4.74 Å². The molecule has 0 aliphatic carbocycles.